The summed E-state index contributed by atoms with van der Waals surface area (Å²) in [4.78, 5) is 25.0. The molecule has 0 aromatic heterocycles. The number of amides is 1. The molecule has 2 aliphatic heterocycles. The van der Waals surface area contributed by atoms with Crippen LogP contribution in [0.2, 0.25) is 5.02 Å². The number of rotatable bonds is 0. The van der Waals surface area contributed by atoms with Crippen molar-refractivity contribution in [2.45, 2.75) is 18.9 Å². The largest absolute Gasteiger partial charge is 0.328 e. The van der Waals surface area contributed by atoms with Gasteiger partial charge in [-0.15, -0.1) is 0 Å². The number of benzene rings is 1. The van der Waals surface area contributed by atoms with Crippen LogP contribution in [0.4, 0.5) is 0 Å². The second-order valence-corrected chi connectivity index (χ2v) is 4.66. The van der Waals surface area contributed by atoms with E-state index in [2.05, 4.69) is 0 Å². The Morgan fingerprint density at radius 3 is 2.94 bits per heavy atom. The molecular formula is C12H10ClNO2. The van der Waals surface area contributed by atoms with Gasteiger partial charge in [0, 0.05) is 11.6 Å². The van der Waals surface area contributed by atoms with Crippen LogP contribution in [0.25, 0.3) is 0 Å². The van der Waals surface area contributed by atoms with E-state index >= 15 is 0 Å². The average molecular weight is 236 g/mol. The van der Waals surface area contributed by atoms with Crippen molar-refractivity contribution in [2.75, 3.05) is 6.54 Å². The first-order valence-electron chi connectivity index (χ1n) is 5.27. The van der Waals surface area contributed by atoms with E-state index in [1.807, 2.05) is 12.1 Å². The first kappa shape index (κ1) is 9.85. The summed E-state index contributed by atoms with van der Waals surface area (Å²) >= 11 is 5.92. The third-order valence-corrected chi connectivity index (χ3v) is 3.52. The maximum Gasteiger partial charge on any atom is 0.231 e. The lowest BCUT2D eigenvalue weighted by Crippen LogP contribution is -2.35. The highest BCUT2D eigenvalue weighted by Gasteiger charge is 2.42. The summed E-state index contributed by atoms with van der Waals surface area (Å²) in [7, 11) is 0. The fraction of sp³-hybridized carbons (Fsp3) is 0.333. The molecule has 0 saturated carbocycles. The fourth-order valence-corrected chi connectivity index (χ4v) is 2.75. The predicted molar refractivity (Wildman–Crippen MR) is 59.2 cm³/mol. The Balaban J connectivity index is 2.12. The molecule has 2 aliphatic rings. The Bertz CT molecular complexity index is 498. The van der Waals surface area contributed by atoms with E-state index in [4.69, 9.17) is 11.6 Å². The SMILES string of the molecule is O=C1CC(=O)N2CCc3cc(Cl)ccc3C12. The molecule has 82 valence electrons. The molecule has 1 amide bonds. The van der Waals surface area contributed by atoms with Gasteiger partial charge in [0.1, 0.15) is 6.04 Å². The van der Waals surface area contributed by atoms with Gasteiger partial charge in [-0.25, -0.2) is 0 Å². The summed E-state index contributed by atoms with van der Waals surface area (Å²) in [6.07, 6.45) is 0.831. The molecular weight excluding hydrogens is 226 g/mol. The lowest BCUT2D eigenvalue weighted by Gasteiger charge is -2.30. The van der Waals surface area contributed by atoms with Crippen LogP contribution in [0, 0.1) is 0 Å². The molecule has 1 unspecified atom stereocenters. The molecule has 0 bridgehead atoms. The quantitative estimate of drug-likeness (QED) is 0.643. The van der Waals surface area contributed by atoms with Crippen LogP contribution in [0.3, 0.4) is 0 Å². The highest BCUT2D eigenvalue weighted by Crippen LogP contribution is 2.36. The third kappa shape index (κ3) is 1.28. The normalized spacial score (nSPS) is 23.3. The first-order chi connectivity index (χ1) is 7.66. The van der Waals surface area contributed by atoms with Crippen molar-refractivity contribution >= 4 is 23.3 Å². The summed E-state index contributed by atoms with van der Waals surface area (Å²) < 4.78 is 0. The van der Waals surface area contributed by atoms with E-state index in [9.17, 15) is 9.59 Å². The highest BCUT2D eigenvalue weighted by molar-refractivity contribution is 6.30. The van der Waals surface area contributed by atoms with E-state index < -0.39 is 0 Å². The second-order valence-electron chi connectivity index (χ2n) is 4.23. The minimum absolute atomic E-state index is 0.00766. The zero-order valence-corrected chi connectivity index (χ0v) is 9.33. The molecule has 3 rings (SSSR count). The summed E-state index contributed by atoms with van der Waals surface area (Å²) in [5.41, 5.74) is 2.04. The van der Waals surface area contributed by atoms with Crippen molar-refractivity contribution in [3.8, 4) is 0 Å². The minimum Gasteiger partial charge on any atom is -0.328 e. The molecule has 1 atom stereocenters. The van der Waals surface area contributed by atoms with Gasteiger partial charge in [-0.3, -0.25) is 9.59 Å². The number of fused-ring (bicyclic) bond motifs is 3. The number of Topliss-reactive ketones (excluding diaryl/α,β-unsaturated/α-hetero) is 1. The maximum atomic E-state index is 11.8. The summed E-state index contributed by atoms with van der Waals surface area (Å²) in [5, 5.41) is 0.684. The Morgan fingerprint density at radius 2 is 2.12 bits per heavy atom. The fourth-order valence-electron chi connectivity index (χ4n) is 2.56. The smallest absolute Gasteiger partial charge is 0.231 e. The van der Waals surface area contributed by atoms with E-state index in [1.165, 1.54) is 0 Å². The van der Waals surface area contributed by atoms with E-state index in [0.29, 0.717) is 11.6 Å². The Labute approximate surface area is 98.0 Å². The van der Waals surface area contributed by atoms with Crippen molar-refractivity contribution in [1.29, 1.82) is 0 Å². The molecule has 0 N–H and O–H groups in total. The Kier molecular flexibility index (Phi) is 2.04. The Morgan fingerprint density at radius 1 is 1.31 bits per heavy atom. The lowest BCUT2D eigenvalue weighted by molar-refractivity contribution is -0.129. The molecule has 0 spiro atoms. The number of ketones is 1. The lowest BCUT2D eigenvalue weighted by atomic mass is 9.92. The topological polar surface area (TPSA) is 37.4 Å². The number of carbonyl (C=O) groups is 2. The zero-order valence-electron chi connectivity index (χ0n) is 8.57. The van der Waals surface area contributed by atoms with Gasteiger partial charge in [-0.1, -0.05) is 17.7 Å². The molecule has 1 aromatic rings. The van der Waals surface area contributed by atoms with Gasteiger partial charge in [-0.2, -0.15) is 0 Å². The molecule has 2 heterocycles. The molecule has 1 aromatic carbocycles. The average Bonchev–Trinajstić information content (AvgIpc) is 2.54. The molecule has 16 heavy (non-hydrogen) atoms. The van der Waals surface area contributed by atoms with Crippen LogP contribution >= 0.6 is 11.6 Å². The number of carbonyl (C=O) groups excluding carboxylic acids is 2. The zero-order chi connectivity index (χ0) is 11.3. The van der Waals surface area contributed by atoms with Crippen molar-refractivity contribution in [3.05, 3.63) is 34.3 Å². The maximum absolute atomic E-state index is 11.8. The van der Waals surface area contributed by atoms with Crippen molar-refractivity contribution in [3.63, 3.8) is 0 Å². The molecule has 3 nitrogen and oxygen atoms in total. The van der Waals surface area contributed by atoms with Gasteiger partial charge in [-0.05, 0) is 29.7 Å². The van der Waals surface area contributed by atoms with E-state index in [0.717, 1.165) is 17.5 Å². The molecule has 0 aliphatic carbocycles. The summed E-state index contributed by atoms with van der Waals surface area (Å²) in [5.74, 6) is -0.0381. The minimum atomic E-state index is -0.353. The van der Waals surface area contributed by atoms with Gasteiger partial charge < -0.3 is 4.90 Å². The van der Waals surface area contributed by atoms with Crippen LogP contribution in [-0.4, -0.2) is 23.1 Å². The first-order valence-corrected chi connectivity index (χ1v) is 5.65. The standard InChI is InChI=1S/C12H10ClNO2/c13-8-1-2-9-7(5-8)3-4-14-11(16)6-10(15)12(9)14/h1-2,5,12H,3-4,6H2. The van der Waals surface area contributed by atoms with Crippen molar-refractivity contribution in [1.82, 2.24) is 4.90 Å². The van der Waals surface area contributed by atoms with Crippen LogP contribution in [0.15, 0.2) is 18.2 Å². The number of halogens is 1. The van der Waals surface area contributed by atoms with E-state index in [-0.39, 0.29) is 24.2 Å². The van der Waals surface area contributed by atoms with Gasteiger partial charge in [0.05, 0.1) is 6.42 Å². The Hall–Kier alpha value is -1.35. The van der Waals surface area contributed by atoms with E-state index in [1.54, 1.807) is 11.0 Å². The second kappa shape index (κ2) is 3.32. The van der Waals surface area contributed by atoms with Crippen molar-refractivity contribution in [2.24, 2.45) is 0 Å². The van der Waals surface area contributed by atoms with Gasteiger partial charge in [0.15, 0.2) is 5.78 Å². The van der Waals surface area contributed by atoms with Gasteiger partial charge in [0.2, 0.25) is 5.91 Å². The van der Waals surface area contributed by atoms with Crippen LogP contribution in [0.5, 0.6) is 0 Å². The monoisotopic (exact) mass is 235 g/mol. The third-order valence-electron chi connectivity index (χ3n) is 3.28. The van der Waals surface area contributed by atoms with Crippen molar-refractivity contribution < 1.29 is 9.59 Å². The van der Waals surface area contributed by atoms with Crippen LogP contribution in [0.1, 0.15) is 23.6 Å². The molecule has 0 radical (unpaired) electrons. The summed E-state index contributed by atoms with van der Waals surface area (Å²) in [6, 6.07) is 5.18. The van der Waals surface area contributed by atoms with Crippen LogP contribution in [-0.2, 0) is 16.0 Å². The van der Waals surface area contributed by atoms with Crippen LogP contribution < -0.4 is 0 Å². The molecule has 4 heteroatoms. The highest BCUT2D eigenvalue weighted by atomic mass is 35.5. The van der Waals surface area contributed by atoms with Gasteiger partial charge >= 0.3 is 0 Å². The summed E-state index contributed by atoms with van der Waals surface area (Å²) in [6.45, 7) is 0.628. The number of hydrogen-bond donors (Lipinski definition) is 0. The van der Waals surface area contributed by atoms with Gasteiger partial charge in [0.25, 0.3) is 0 Å². The number of hydrogen-bond acceptors (Lipinski definition) is 2. The number of nitrogens with zero attached hydrogens (tertiary/aromatic N) is 1. The predicted octanol–water partition coefficient (Wildman–Crippen LogP) is 1.74. The molecule has 1 fully saturated rings. The molecule has 1 saturated heterocycles.